The van der Waals surface area contributed by atoms with Crippen LogP contribution in [0.5, 0.6) is 0 Å². The standard InChI is InChI=1S/C24H31FN4O2.C4H4O4/c25-22-6-8-23(9-7-22)28-16-12-26(13-17-28)10-11-27-14-18-29(19-15-27)24(30)31-20-21-4-2-1-3-5-21;5-3(6)1-2-4(7)8/h1-9H,10-20H2;1-2H,(H,5,6)(H,7,8). The molecule has 2 aliphatic heterocycles. The molecule has 0 spiro atoms. The largest absolute Gasteiger partial charge is 0.478 e. The van der Waals surface area contributed by atoms with Crippen LogP contribution in [-0.2, 0) is 20.9 Å². The summed E-state index contributed by atoms with van der Waals surface area (Å²) in [7, 11) is 0. The predicted molar refractivity (Wildman–Crippen MR) is 144 cm³/mol. The van der Waals surface area contributed by atoms with E-state index in [0.717, 1.165) is 63.6 Å². The second kappa shape index (κ2) is 15.5. The van der Waals surface area contributed by atoms with Gasteiger partial charge in [-0.15, -0.1) is 0 Å². The zero-order valence-corrected chi connectivity index (χ0v) is 21.8. The Balaban J connectivity index is 0.000000459. The zero-order valence-electron chi connectivity index (χ0n) is 21.8. The van der Waals surface area contributed by atoms with Crippen molar-refractivity contribution in [3.05, 3.63) is 78.1 Å². The highest BCUT2D eigenvalue weighted by Gasteiger charge is 2.23. The van der Waals surface area contributed by atoms with Crippen molar-refractivity contribution < 1.29 is 33.7 Å². The number of ether oxygens (including phenoxy) is 1. The summed E-state index contributed by atoms with van der Waals surface area (Å²) in [6.07, 6.45) is 0.894. The van der Waals surface area contributed by atoms with E-state index in [1.54, 1.807) is 4.90 Å². The SMILES string of the molecule is O=C(O)C=CC(=O)O.O=C(OCc1ccccc1)N1CCN(CCN2CCN(c3ccc(F)cc3)CC2)CC1. The average Bonchev–Trinajstić information content (AvgIpc) is 2.95. The lowest BCUT2D eigenvalue weighted by Gasteiger charge is -2.38. The number of benzene rings is 2. The van der Waals surface area contributed by atoms with Gasteiger partial charge in [-0.05, 0) is 29.8 Å². The number of carboxylic acids is 2. The Hall–Kier alpha value is -3.96. The third kappa shape index (κ3) is 10.7. The quantitative estimate of drug-likeness (QED) is 0.486. The van der Waals surface area contributed by atoms with E-state index in [1.165, 1.54) is 12.1 Å². The number of anilines is 1. The van der Waals surface area contributed by atoms with Gasteiger partial charge in [0.25, 0.3) is 0 Å². The van der Waals surface area contributed by atoms with E-state index in [-0.39, 0.29) is 11.9 Å². The van der Waals surface area contributed by atoms with Gasteiger partial charge in [0, 0.05) is 83.3 Å². The van der Waals surface area contributed by atoms with Crippen LogP contribution in [0.4, 0.5) is 14.9 Å². The van der Waals surface area contributed by atoms with E-state index in [2.05, 4.69) is 14.7 Å². The van der Waals surface area contributed by atoms with Crippen LogP contribution in [0.2, 0.25) is 0 Å². The molecule has 0 saturated carbocycles. The van der Waals surface area contributed by atoms with Gasteiger partial charge < -0.3 is 24.7 Å². The molecule has 210 valence electrons. The molecule has 39 heavy (non-hydrogen) atoms. The van der Waals surface area contributed by atoms with Crippen molar-refractivity contribution in [3.63, 3.8) is 0 Å². The molecule has 0 atom stereocenters. The molecule has 0 radical (unpaired) electrons. The summed E-state index contributed by atoms with van der Waals surface area (Å²) < 4.78 is 18.6. The van der Waals surface area contributed by atoms with Crippen molar-refractivity contribution >= 4 is 23.7 Å². The zero-order chi connectivity index (χ0) is 28.0. The van der Waals surface area contributed by atoms with Gasteiger partial charge in [0.05, 0.1) is 0 Å². The summed E-state index contributed by atoms with van der Waals surface area (Å²) >= 11 is 0. The van der Waals surface area contributed by atoms with Crippen LogP contribution in [0.25, 0.3) is 0 Å². The molecule has 11 heteroatoms. The molecule has 2 aromatic carbocycles. The second-order valence-electron chi connectivity index (χ2n) is 9.18. The summed E-state index contributed by atoms with van der Waals surface area (Å²) in [6.45, 7) is 9.54. The molecule has 0 unspecified atom stereocenters. The predicted octanol–water partition coefficient (Wildman–Crippen LogP) is 2.61. The Morgan fingerprint density at radius 3 is 1.77 bits per heavy atom. The minimum absolute atomic E-state index is 0.188. The van der Waals surface area contributed by atoms with Gasteiger partial charge in [0.15, 0.2) is 0 Å². The van der Waals surface area contributed by atoms with Crippen molar-refractivity contribution in [2.45, 2.75) is 6.61 Å². The smallest absolute Gasteiger partial charge is 0.410 e. The molecular weight excluding hydrogens is 507 g/mol. The van der Waals surface area contributed by atoms with Crippen molar-refractivity contribution in [2.75, 3.05) is 70.3 Å². The van der Waals surface area contributed by atoms with Crippen LogP contribution in [0.3, 0.4) is 0 Å². The van der Waals surface area contributed by atoms with Crippen molar-refractivity contribution in [2.24, 2.45) is 0 Å². The highest BCUT2D eigenvalue weighted by atomic mass is 19.1. The molecule has 2 N–H and O–H groups in total. The molecule has 2 aliphatic rings. The van der Waals surface area contributed by atoms with Crippen LogP contribution in [-0.4, -0.2) is 108 Å². The third-order valence-corrected chi connectivity index (χ3v) is 6.50. The summed E-state index contributed by atoms with van der Waals surface area (Å²) in [5.74, 6) is -2.70. The van der Waals surface area contributed by atoms with Gasteiger partial charge in [-0.2, -0.15) is 0 Å². The number of carboxylic acid groups (broad SMARTS) is 2. The Morgan fingerprint density at radius 2 is 1.26 bits per heavy atom. The van der Waals surface area contributed by atoms with Crippen LogP contribution in [0, 0.1) is 5.82 Å². The average molecular weight is 543 g/mol. The fourth-order valence-electron chi connectivity index (χ4n) is 4.27. The van der Waals surface area contributed by atoms with Crippen LogP contribution in [0.15, 0.2) is 66.7 Å². The number of halogens is 1. The first-order valence-corrected chi connectivity index (χ1v) is 12.8. The van der Waals surface area contributed by atoms with Gasteiger partial charge in [-0.3, -0.25) is 9.80 Å². The fourth-order valence-corrected chi connectivity index (χ4v) is 4.27. The number of piperazine rings is 2. The summed E-state index contributed by atoms with van der Waals surface area (Å²) in [6, 6.07) is 16.5. The fraction of sp³-hybridized carbons (Fsp3) is 0.393. The first kappa shape index (κ1) is 29.6. The number of nitrogens with zero attached hydrogens (tertiary/aromatic N) is 4. The Bertz CT molecular complexity index is 1070. The topological polar surface area (TPSA) is 114 Å². The Kier molecular flexibility index (Phi) is 11.7. The van der Waals surface area contributed by atoms with E-state index in [1.807, 2.05) is 42.5 Å². The van der Waals surface area contributed by atoms with E-state index in [9.17, 15) is 18.8 Å². The van der Waals surface area contributed by atoms with Gasteiger partial charge in [-0.1, -0.05) is 30.3 Å². The monoisotopic (exact) mass is 542 g/mol. The van der Waals surface area contributed by atoms with Crippen LogP contribution >= 0.6 is 0 Å². The van der Waals surface area contributed by atoms with E-state index >= 15 is 0 Å². The molecule has 0 bridgehead atoms. The lowest BCUT2D eigenvalue weighted by atomic mass is 10.2. The van der Waals surface area contributed by atoms with E-state index < -0.39 is 11.9 Å². The minimum atomic E-state index is -1.26. The molecule has 1 amide bonds. The van der Waals surface area contributed by atoms with Gasteiger partial charge >= 0.3 is 18.0 Å². The number of carbonyl (C=O) groups is 3. The highest BCUT2D eigenvalue weighted by Crippen LogP contribution is 2.17. The molecule has 2 saturated heterocycles. The number of hydrogen-bond donors (Lipinski definition) is 2. The molecule has 10 nitrogen and oxygen atoms in total. The molecule has 2 heterocycles. The lowest BCUT2D eigenvalue weighted by Crippen LogP contribution is -2.52. The lowest BCUT2D eigenvalue weighted by molar-refractivity contribution is -0.134. The second-order valence-corrected chi connectivity index (χ2v) is 9.18. The maximum absolute atomic E-state index is 13.1. The Morgan fingerprint density at radius 1 is 0.744 bits per heavy atom. The molecule has 2 fully saturated rings. The number of carbonyl (C=O) groups excluding carboxylic acids is 1. The van der Waals surface area contributed by atoms with E-state index in [0.29, 0.717) is 31.8 Å². The van der Waals surface area contributed by atoms with Gasteiger partial charge in [0.2, 0.25) is 0 Å². The van der Waals surface area contributed by atoms with Crippen molar-refractivity contribution in [1.29, 1.82) is 0 Å². The number of rotatable bonds is 8. The van der Waals surface area contributed by atoms with Gasteiger partial charge in [-0.25, -0.2) is 18.8 Å². The molecule has 2 aromatic rings. The maximum Gasteiger partial charge on any atom is 0.410 e. The van der Waals surface area contributed by atoms with Gasteiger partial charge in [0.1, 0.15) is 12.4 Å². The molecular formula is C28H35FN4O6. The maximum atomic E-state index is 13.1. The van der Waals surface area contributed by atoms with Crippen molar-refractivity contribution in [3.8, 4) is 0 Å². The van der Waals surface area contributed by atoms with E-state index in [4.69, 9.17) is 14.9 Å². The molecule has 0 aliphatic carbocycles. The minimum Gasteiger partial charge on any atom is -0.478 e. The summed E-state index contributed by atoms with van der Waals surface area (Å²) in [4.78, 5) is 40.4. The van der Waals surface area contributed by atoms with Crippen molar-refractivity contribution in [1.82, 2.24) is 14.7 Å². The van der Waals surface area contributed by atoms with Crippen LogP contribution in [0.1, 0.15) is 5.56 Å². The molecule has 4 rings (SSSR count). The first-order valence-electron chi connectivity index (χ1n) is 12.8. The number of amides is 1. The third-order valence-electron chi connectivity index (χ3n) is 6.50. The summed E-state index contributed by atoms with van der Waals surface area (Å²) in [5, 5.41) is 15.6. The number of aliphatic carboxylic acids is 2. The Labute approximate surface area is 227 Å². The first-order chi connectivity index (χ1) is 18.8. The number of hydrogen-bond acceptors (Lipinski definition) is 7. The summed E-state index contributed by atoms with van der Waals surface area (Å²) in [5.41, 5.74) is 2.10. The van der Waals surface area contributed by atoms with Crippen LogP contribution < -0.4 is 4.90 Å². The highest BCUT2D eigenvalue weighted by molar-refractivity contribution is 5.89. The normalized spacial score (nSPS) is 16.4. The molecule has 0 aromatic heterocycles.